The van der Waals surface area contributed by atoms with Crippen LogP contribution in [-0.2, 0) is 4.79 Å². The van der Waals surface area contributed by atoms with Gasteiger partial charge in [0.25, 0.3) is 0 Å². The molecule has 2 aliphatic heterocycles. The average Bonchev–Trinajstić information content (AvgIpc) is 3.03. The summed E-state index contributed by atoms with van der Waals surface area (Å²) >= 11 is 0. The van der Waals surface area contributed by atoms with E-state index in [0.717, 1.165) is 64.3 Å². The van der Waals surface area contributed by atoms with Crippen molar-refractivity contribution < 1.29 is 4.79 Å². The van der Waals surface area contributed by atoms with Crippen LogP contribution in [0, 0.1) is 11.3 Å². The lowest BCUT2D eigenvalue weighted by molar-refractivity contribution is -0.131. The molecular formula is C17H23N5O. The van der Waals surface area contributed by atoms with Gasteiger partial charge in [-0.15, -0.1) is 0 Å². The van der Waals surface area contributed by atoms with Gasteiger partial charge in [-0.1, -0.05) is 0 Å². The molecule has 0 N–H and O–H groups in total. The van der Waals surface area contributed by atoms with E-state index in [1.165, 1.54) is 0 Å². The zero-order valence-electron chi connectivity index (χ0n) is 13.4. The van der Waals surface area contributed by atoms with Crippen LogP contribution in [0.2, 0.25) is 0 Å². The zero-order chi connectivity index (χ0) is 16.1. The second-order valence-electron chi connectivity index (χ2n) is 6.19. The summed E-state index contributed by atoms with van der Waals surface area (Å²) in [7, 11) is 0. The SMILES string of the molecule is N#Cc1cccnc1N1CCCN(CC(=O)N2CCCC2)CC1. The summed E-state index contributed by atoms with van der Waals surface area (Å²) in [5.41, 5.74) is 0.620. The molecule has 2 saturated heterocycles. The number of hydrogen-bond acceptors (Lipinski definition) is 5. The number of pyridine rings is 1. The van der Waals surface area contributed by atoms with Gasteiger partial charge in [-0.3, -0.25) is 9.69 Å². The van der Waals surface area contributed by atoms with Crippen LogP contribution in [0.5, 0.6) is 0 Å². The first-order valence-electron chi connectivity index (χ1n) is 8.38. The van der Waals surface area contributed by atoms with E-state index in [2.05, 4.69) is 20.9 Å². The van der Waals surface area contributed by atoms with E-state index in [9.17, 15) is 10.1 Å². The highest BCUT2D eigenvalue weighted by Crippen LogP contribution is 2.18. The summed E-state index contributed by atoms with van der Waals surface area (Å²) in [6.07, 6.45) is 4.98. The molecule has 0 aliphatic carbocycles. The molecule has 3 rings (SSSR count). The molecule has 6 nitrogen and oxygen atoms in total. The Morgan fingerprint density at radius 2 is 1.96 bits per heavy atom. The van der Waals surface area contributed by atoms with Crippen molar-refractivity contribution in [2.75, 3.05) is 50.7 Å². The summed E-state index contributed by atoms with van der Waals surface area (Å²) in [6.45, 7) is 5.78. The van der Waals surface area contributed by atoms with Crippen LogP contribution in [0.3, 0.4) is 0 Å². The first kappa shape index (κ1) is 15.8. The number of nitriles is 1. The topological polar surface area (TPSA) is 63.5 Å². The van der Waals surface area contributed by atoms with E-state index < -0.39 is 0 Å². The molecule has 3 heterocycles. The third-order valence-electron chi connectivity index (χ3n) is 4.61. The highest BCUT2D eigenvalue weighted by atomic mass is 16.2. The Kier molecular flexibility index (Phi) is 5.09. The smallest absolute Gasteiger partial charge is 0.236 e. The first-order chi connectivity index (χ1) is 11.3. The van der Waals surface area contributed by atoms with Gasteiger partial charge in [-0.25, -0.2) is 4.98 Å². The van der Waals surface area contributed by atoms with Gasteiger partial charge in [-0.2, -0.15) is 5.26 Å². The van der Waals surface area contributed by atoms with Gasteiger partial charge in [0.05, 0.1) is 12.1 Å². The van der Waals surface area contributed by atoms with E-state index in [4.69, 9.17) is 0 Å². The minimum absolute atomic E-state index is 0.256. The minimum Gasteiger partial charge on any atom is -0.354 e. The fourth-order valence-electron chi connectivity index (χ4n) is 3.33. The molecule has 2 aliphatic rings. The molecule has 0 spiro atoms. The van der Waals surface area contributed by atoms with Crippen LogP contribution in [-0.4, -0.2) is 66.5 Å². The maximum absolute atomic E-state index is 12.3. The van der Waals surface area contributed by atoms with Crippen molar-refractivity contribution in [1.29, 1.82) is 5.26 Å². The van der Waals surface area contributed by atoms with Crippen LogP contribution in [0.15, 0.2) is 18.3 Å². The summed E-state index contributed by atoms with van der Waals surface area (Å²) in [4.78, 5) is 23.0. The van der Waals surface area contributed by atoms with E-state index in [0.29, 0.717) is 12.1 Å². The Labute approximate surface area is 137 Å². The van der Waals surface area contributed by atoms with Crippen molar-refractivity contribution in [3.8, 4) is 6.07 Å². The first-order valence-corrected chi connectivity index (χ1v) is 8.38. The number of rotatable bonds is 3. The molecular weight excluding hydrogens is 290 g/mol. The fourth-order valence-corrected chi connectivity index (χ4v) is 3.33. The van der Waals surface area contributed by atoms with E-state index in [1.54, 1.807) is 12.3 Å². The number of amides is 1. The summed E-state index contributed by atoms with van der Waals surface area (Å²) in [5, 5.41) is 9.23. The molecule has 1 aromatic rings. The average molecular weight is 313 g/mol. The maximum Gasteiger partial charge on any atom is 0.236 e. The predicted octanol–water partition coefficient (Wildman–Crippen LogP) is 1.09. The quantitative estimate of drug-likeness (QED) is 0.836. The van der Waals surface area contributed by atoms with Crippen molar-refractivity contribution in [1.82, 2.24) is 14.8 Å². The highest BCUT2D eigenvalue weighted by molar-refractivity contribution is 5.78. The number of nitrogens with zero attached hydrogens (tertiary/aromatic N) is 5. The lowest BCUT2D eigenvalue weighted by atomic mass is 10.2. The molecule has 2 fully saturated rings. The van der Waals surface area contributed by atoms with Crippen molar-refractivity contribution in [2.45, 2.75) is 19.3 Å². The van der Waals surface area contributed by atoms with Gasteiger partial charge >= 0.3 is 0 Å². The van der Waals surface area contributed by atoms with Crippen molar-refractivity contribution in [2.24, 2.45) is 0 Å². The summed E-state index contributed by atoms with van der Waals surface area (Å²) in [6, 6.07) is 5.82. The van der Waals surface area contributed by atoms with Gasteiger partial charge in [0, 0.05) is 45.5 Å². The normalized spacial score (nSPS) is 19.4. The van der Waals surface area contributed by atoms with Gasteiger partial charge in [0.2, 0.25) is 5.91 Å². The second kappa shape index (κ2) is 7.42. The maximum atomic E-state index is 12.3. The molecule has 0 atom stereocenters. The molecule has 23 heavy (non-hydrogen) atoms. The Hall–Kier alpha value is -2.13. The monoisotopic (exact) mass is 313 g/mol. The van der Waals surface area contributed by atoms with E-state index in [-0.39, 0.29) is 5.91 Å². The van der Waals surface area contributed by atoms with Crippen LogP contribution in [0.25, 0.3) is 0 Å². The number of carbonyl (C=O) groups excluding carboxylic acids is 1. The summed E-state index contributed by atoms with van der Waals surface area (Å²) in [5.74, 6) is 1.02. The Bertz CT molecular complexity index is 591. The van der Waals surface area contributed by atoms with Gasteiger partial charge in [0.1, 0.15) is 11.9 Å². The largest absolute Gasteiger partial charge is 0.354 e. The van der Waals surface area contributed by atoms with E-state index >= 15 is 0 Å². The molecule has 0 radical (unpaired) electrons. The lowest BCUT2D eigenvalue weighted by Crippen LogP contribution is -2.40. The number of anilines is 1. The van der Waals surface area contributed by atoms with Crippen LogP contribution >= 0.6 is 0 Å². The van der Waals surface area contributed by atoms with Gasteiger partial charge in [0.15, 0.2) is 0 Å². The van der Waals surface area contributed by atoms with Crippen molar-refractivity contribution >= 4 is 11.7 Å². The number of likely N-dealkylation sites (tertiary alicyclic amines) is 1. The van der Waals surface area contributed by atoms with Gasteiger partial charge < -0.3 is 9.80 Å². The molecule has 0 saturated carbocycles. The third kappa shape index (κ3) is 3.80. The molecule has 6 heteroatoms. The Morgan fingerprint density at radius 3 is 2.74 bits per heavy atom. The van der Waals surface area contributed by atoms with Crippen LogP contribution in [0.4, 0.5) is 5.82 Å². The van der Waals surface area contributed by atoms with Crippen LogP contribution in [0.1, 0.15) is 24.8 Å². The van der Waals surface area contributed by atoms with Gasteiger partial charge in [-0.05, 0) is 31.4 Å². The molecule has 0 bridgehead atoms. The molecule has 1 aromatic heterocycles. The molecule has 1 amide bonds. The summed E-state index contributed by atoms with van der Waals surface area (Å²) < 4.78 is 0. The Balaban J connectivity index is 1.59. The lowest BCUT2D eigenvalue weighted by Gasteiger charge is -2.24. The van der Waals surface area contributed by atoms with Crippen molar-refractivity contribution in [3.63, 3.8) is 0 Å². The number of aromatic nitrogens is 1. The third-order valence-corrected chi connectivity index (χ3v) is 4.61. The second-order valence-corrected chi connectivity index (χ2v) is 6.19. The molecule has 0 unspecified atom stereocenters. The number of hydrogen-bond donors (Lipinski definition) is 0. The Morgan fingerprint density at radius 1 is 1.13 bits per heavy atom. The minimum atomic E-state index is 0.256. The number of carbonyl (C=O) groups is 1. The highest BCUT2D eigenvalue weighted by Gasteiger charge is 2.23. The fraction of sp³-hybridized carbons (Fsp3) is 0.588. The molecule has 0 aromatic carbocycles. The molecule has 122 valence electrons. The van der Waals surface area contributed by atoms with Crippen molar-refractivity contribution in [3.05, 3.63) is 23.9 Å². The predicted molar refractivity (Wildman–Crippen MR) is 88.0 cm³/mol. The zero-order valence-corrected chi connectivity index (χ0v) is 13.4. The van der Waals surface area contributed by atoms with Crippen LogP contribution < -0.4 is 4.90 Å². The van der Waals surface area contributed by atoms with E-state index in [1.807, 2.05) is 11.0 Å². The standard InChI is InChI=1S/C17H23N5O/c18-13-15-5-3-6-19-17(15)22-10-4-7-20(11-12-22)14-16(23)21-8-1-2-9-21/h3,5-6H,1-2,4,7-12,14H2.